The summed E-state index contributed by atoms with van der Waals surface area (Å²) in [6.45, 7) is 15.4. The van der Waals surface area contributed by atoms with Gasteiger partial charge in [0.15, 0.2) is 0 Å². The summed E-state index contributed by atoms with van der Waals surface area (Å²) in [7, 11) is 0. The molecule has 0 saturated heterocycles. The Kier molecular flexibility index (Phi) is 14.8. The zero-order valence-electron chi connectivity index (χ0n) is 31.4. The number of carbonyl (C=O) groups is 5. The van der Waals surface area contributed by atoms with E-state index < -0.39 is 54.1 Å². The quantitative estimate of drug-likeness (QED) is 0.111. The number of rotatable bonds is 17. The zero-order chi connectivity index (χ0) is 37.9. The van der Waals surface area contributed by atoms with E-state index in [2.05, 4.69) is 50.2 Å². The second-order valence-electron chi connectivity index (χ2n) is 14.7. The summed E-state index contributed by atoms with van der Waals surface area (Å²) in [5.74, 6) is -2.32. The second kappa shape index (κ2) is 18.5. The highest BCUT2D eigenvalue weighted by Crippen LogP contribution is 2.31. The highest BCUT2D eigenvalue weighted by atomic mass is 16.6. The molecule has 0 fully saturated rings. The predicted octanol–water partition coefficient (Wildman–Crippen LogP) is 4.56. The Bertz CT molecular complexity index is 1680. The lowest BCUT2D eigenvalue weighted by molar-refractivity contribution is -0.132. The molecule has 3 aromatic rings. The number of aromatic nitrogens is 1. The third-order valence-corrected chi connectivity index (χ3v) is 8.34. The molecule has 0 aliphatic heterocycles. The predicted molar refractivity (Wildman–Crippen MR) is 201 cm³/mol. The number of aryl methyl sites for hydroxylation is 1. The average molecular weight is 708 g/mol. The summed E-state index contributed by atoms with van der Waals surface area (Å²) < 4.78 is 7.53. The third-order valence-electron chi connectivity index (χ3n) is 8.34. The van der Waals surface area contributed by atoms with Gasteiger partial charge in [-0.3, -0.25) is 19.2 Å². The molecule has 0 bridgehead atoms. The molecule has 2 aromatic carbocycles. The van der Waals surface area contributed by atoms with E-state index in [0.717, 1.165) is 28.4 Å². The van der Waals surface area contributed by atoms with Gasteiger partial charge >= 0.3 is 6.09 Å². The van der Waals surface area contributed by atoms with Crippen LogP contribution in [0.3, 0.4) is 0 Å². The van der Waals surface area contributed by atoms with Gasteiger partial charge in [0.2, 0.25) is 23.6 Å². The fourth-order valence-corrected chi connectivity index (χ4v) is 5.93. The molecule has 0 spiro atoms. The number of ether oxygens (including phenoxy) is 1. The number of carbonyl (C=O) groups excluding carboxylic acids is 5. The first-order valence-corrected chi connectivity index (χ1v) is 17.9. The zero-order valence-corrected chi connectivity index (χ0v) is 31.4. The van der Waals surface area contributed by atoms with Crippen molar-refractivity contribution in [3.63, 3.8) is 0 Å². The Morgan fingerprint density at radius 3 is 2.14 bits per heavy atom. The average Bonchev–Trinajstić information content (AvgIpc) is 3.37. The summed E-state index contributed by atoms with van der Waals surface area (Å²) in [5, 5.41) is 15.8. The normalized spacial score (nSPS) is 13.5. The van der Waals surface area contributed by atoms with Gasteiger partial charge in [-0.2, -0.15) is 0 Å². The maximum absolute atomic E-state index is 13.5. The first-order chi connectivity index (χ1) is 24.0. The van der Waals surface area contributed by atoms with Crippen LogP contribution in [-0.4, -0.2) is 71.1 Å². The number of hydrogen-bond acceptors (Lipinski definition) is 7. The lowest BCUT2D eigenvalue weighted by atomic mass is 10.00. The van der Waals surface area contributed by atoms with E-state index in [4.69, 9.17) is 10.5 Å². The molecular weight excluding hydrogens is 650 g/mol. The van der Waals surface area contributed by atoms with Crippen molar-refractivity contribution < 1.29 is 28.7 Å². The molecule has 13 nitrogen and oxygen atoms in total. The summed E-state index contributed by atoms with van der Waals surface area (Å²) in [6.07, 6.45) is 1.19. The summed E-state index contributed by atoms with van der Waals surface area (Å²) in [5.41, 5.74) is 7.72. The van der Waals surface area contributed by atoms with Crippen LogP contribution in [0.1, 0.15) is 81.1 Å². The van der Waals surface area contributed by atoms with Crippen LogP contribution in [0.4, 0.5) is 10.5 Å². The Balaban J connectivity index is 1.68. The van der Waals surface area contributed by atoms with Crippen LogP contribution < -0.4 is 32.3 Å². The van der Waals surface area contributed by atoms with Gasteiger partial charge in [-0.15, -0.1) is 0 Å². The molecule has 51 heavy (non-hydrogen) atoms. The van der Waals surface area contributed by atoms with Crippen LogP contribution in [0, 0.1) is 11.8 Å². The molecule has 0 unspecified atom stereocenters. The van der Waals surface area contributed by atoms with Gasteiger partial charge < -0.3 is 41.6 Å². The smallest absolute Gasteiger partial charge is 0.408 e. The highest BCUT2D eigenvalue weighted by Gasteiger charge is 2.31. The van der Waals surface area contributed by atoms with E-state index in [1.165, 1.54) is 0 Å². The lowest BCUT2D eigenvalue weighted by Crippen LogP contribution is -2.57. The van der Waals surface area contributed by atoms with Crippen LogP contribution in [0.15, 0.2) is 42.5 Å². The number of benzene rings is 2. The van der Waals surface area contributed by atoms with Crippen molar-refractivity contribution in [2.45, 2.75) is 111 Å². The van der Waals surface area contributed by atoms with E-state index in [0.29, 0.717) is 37.9 Å². The monoisotopic (exact) mass is 707 g/mol. The summed E-state index contributed by atoms with van der Waals surface area (Å²) in [4.78, 5) is 65.6. The van der Waals surface area contributed by atoms with Gasteiger partial charge in [-0.25, -0.2) is 4.79 Å². The Labute approximate surface area is 301 Å². The second-order valence-corrected chi connectivity index (χ2v) is 14.7. The largest absolute Gasteiger partial charge is 0.444 e. The molecule has 13 heteroatoms. The van der Waals surface area contributed by atoms with E-state index in [9.17, 15) is 24.0 Å². The number of hydrogen-bond donors (Lipinski definition) is 6. The molecule has 0 saturated carbocycles. The maximum atomic E-state index is 13.5. The first kappa shape index (κ1) is 40.8. The van der Waals surface area contributed by atoms with Crippen molar-refractivity contribution in [1.29, 1.82) is 0 Å². The molecule has 1 aromatic heterocycles. The van der Waals surface area contributed by atoms with Crippen LogP contribution in [-0.2, 0) is 30.5 Å². The Morgan fingerprint density at radius 1 is 0.824 bits per heavy atom. The molecular formula is C38H57N7O6. The molecule has 7 N–H and O–H groups in total. The fourth-order valence-electron chi connectivity index (χ4n) is 5.93. The SMILES string of the molecule is CCn1c2ccccc2c2cc(NC(=O)[C@H](CCCCN)NC(=O)CNC(=O)[C@H](CC(C)C)NC(=O)[C@@H](NC(=O)OC(C)(C)C)C(C)C)ccc21. The number of nitrogens with one attached hydrogen (secondary N) is 5. The lowest BCUT2D eigenvalue weighted by Gasteiger charge is -2.27. The molecule has 280 valence electrons. The minimum atomic E-state index is -0.968. The van der Waals surface area contributed by atoms with Gasteiger partial charge in [0.1, 0.15) is 23.7 Å². The van der Waals surface area contributed by atoms with Crippen LogP contribution >= 0.6 is 0 Å². The number of fused-ring (bicyclic) bond motifs is 3. The van der Waals surface area contributed by atoms with Gasteiger partial charge in [-0.1, -0.05) is 45.9 Å². The number of anilines is 1. The first-order valence-electron chi connectivity index (χ1n) is 17.9. The van der Waals surface area contributed by atoms with Crippen molar-refractivity contribution >= 4 is 57.2 Å². The topological polar surface area (TPSA) is 186 Å². The van der Waals surface area contributed by atoms with Gasteiger partial charge in [-0.05, 0) is 96.0 Å². The van der Waals surface area contributed by atoms with Gasteiger partial charge in [0.05, 0.1) is 6.54 Å². The number of alkyl carbamates (subject to hydrolysis) is 1. The van der Waals surface area contributed by atoms with Crippen molar-refractivity contribution in [2.75, 3.05) is 18.4 Å². The van der Waals surface area contributed by atoms with Crippen molar-refractivity contribution in [3.8, 4) is 0 Å². The number of nitrogens with two attached hydrogens (primary N) is 1. The minimum Gasteiger partial charge on any atom is -0.444 e. The number of para-hydroxylation sites is 1. The van der Waals surface area contributed by atoms with Crippen LogP contribution in [0.2, 0.25) is 0 Å². The van der Waals surface area contributed by atoms with E-state index >= 15 is 0 Å². The summed E-state index contributed by atoms with van der Waals surface area (Å²) in [6, 6.07) is 11.1. The number of nitrogens with zero attached hydrogens (tertiary/aromatic N) is 1. The fraction of sp³-hybridized carbons (Fsp3) is 0.553. The number of amides is 5. The van der Waals surface area contributed by atoms with Crippen molar-refractivity contribution in [1.82, 2.24) is 25.8 Å². The van der Waals surface area contributed by atoms with E-state index in [1.54, 1.807) is 34.6 Å². The van der Waals surface area contributed by atoms with Gasteiger partial charge in [0, 0.05) is 34.0 Å². The minimum absolute atomic E-state index is 0.0274. The standard InChI is InChI=1S/C38H57N7O6/c1-9-45-30-16-11-10-14-26(30)27-21-25(17-18-31(27)45)41-35(48)28(15-12-13-19-39)42-32(46)22-40-34(47)29(20-23(2)3)43-36(49)33(24(4)5)44-37(50)51-38(6,7)8/h10-11,14,16-18,21,23-24,28-29,33H,9,12-13,15,19-20,22,39H2,1-8H3,(H,40,47)(H,41,48)(H,42,46)(H,43,49)(H,44,50)/t28-,29-,33-/m0/s1. The Hall–Kier alpha value is -4.65. The Morgan fingerprint density at radius 2 is 1.51 bits per heavy atom. The summed E-state index contributed by atoms with van der Waals surface area (Å²) >= 11 is 0. The third kappa shape index (κ3) is 12.0. The highest BCUT2D eigenvalue weighted by molar-refractivity contribution is 6.10. The molecule has 0 radical (unpaired) electrons. The molecule has 3 rings (SSSR count). The van der Waals surface area contributed by atoms with Crippen LogP contribution in [0.5, 0.6) is 0 Å². The molecule has 0 aliphatic carbocycles. The molecule has 3 atom stereocenters. The number of unbranched alkanes of at least 4 members (excludes halogenated alkanes) is 1. The molecule has 1 heterocycles. The van der Waals surface area contributed by atoms with Crippen LogP contribution in [0.25, 0.3) is 21.8 Å². The van der Waals surface area contributed by atoms with Gasteiger partial charge in [0.25, 0.3) is 0 Å². The van der Waals surface area contributed by atoms with E-state index in [-0.39, 0.29) is 17.7 Å². The maximum Gasteiger partial charge on any atom is 0.408 e. The van der Waals surface area contributed by atoms with E-state index in [1.807, 2.05) is 44.2 Å². The molecule has 0 aliphatic rings. The van der Waals surface area contributed by atoms with Crippen molar-refractivity contribution in [3.05, 3.63) is 42.5 Å². The van der Waals surface area contributed by atoms with Crippen molar-refractivity contribution in [2.24, 2.45) is 17.6 Å². The molecule has 5 amide bonds.